The molecular weight excluding hydrogens is 532 g/mol. The number of rotatable bonds is 9. The van der Waals surface area contributed by atoms with Crippen LogP contribution in [-0.4, -0.2) is 41.1 Å². The second-order valence-corrected chi connectivity index (χ2v) is 9.87. The molecule has 42 heavy (non-hydrogen) atoms. The second kappa shape index (κ2) is 13.3. The molecule has 3 aromatic heterocycles. The number of benzene rings is 2. The average Bonchev–Trinajstić information content (AvgIpc) is 3.78. The van der Waals surface area contributed by atoms with Gasteiger partial charge in [-0.25, -0.2) is 9.97 Å². The summed E-state index contributed by atoms with van der Waals surface area (Å²) in [5.41, 5.74) is 9.38. The van der Waals surface area contributed by atoms with Crippen LogP contribution in [0.2, 0.25) is 0 Å². The van der Waals surface area contributed by atoms with Crippen LogP contribution in [-0.2, 0) is 0 Å². The van der Waals surface area contributed by atoms with E-state index in [1.807, 2.05) is 31.2 Å². The third-order valence-corrected chi connectivity index (χ3v) is 6.71. The predicted octanol–water partition coefficient (Wildman–Crippen LogP) is 5.32. The topological polar surface area (TPSA) is 173 Å². The van der Waals surface area contributed by atoms with E-state index in [1.54, 1.807) is 49.3 Å². The lowest BCUT2D eigenvalue weighted by atomic mass is 10.1. The highest BCUT2D eigenvalue weighted by molar-refractivity contribution is 5.97. The van der Waals surface area contributed by atoms with Gasteiger partial charge in [-0.1, -0.05) is 58.8 Å². The Morgan fingerprint density at radius 1 is 0.857 bits per heavy atom. The summed E-state index contributed by atoms with van der Waals surface area (Å²) in [6.45, 7) is 4.11. The van der Waals surface area contributed by atoms with Crippen LogP contribution in [0.15, 0.2) is 95.4 Å². The van der Waals surface area contributed by atoms with Gasteiger partial charge in [0.05, 0.1) is 12.4 Å². The minimum atomic E-state index is 0.0815. The number of aromatic nitrogens is 6. The standard InChI is InChI=1S/C17H17N5O.C13H15N5O/c1-11(20-15-10-18-8-9-19-15)12-2-4-13(5-3-12)16-21-17(23-22-16)14-6-7-14;1-9(17-12-8-15-6-7-16-12)10-2-4-11(5-3-10)13(14)18-19/h2-5,8-11,14H,6-7H2,1H3,(H,19,20);2-9,19H,1H3,(H2,14,18)(H,16,17)/t11-;9-/m11/s1. The molecule has 0 radical (unpaired) electrons. The van der Waals surface area contributed by atoms with Gasteiger partial charge >= 0.3 is 0 Å². The molecule has 1 aliphatic rings. The Labute approximate surface area is 243 Å². The van der Waals surface area contributed by atoms with Gasteiger partial charge in [0.1, 0.15) is 11.6 Å². The van der Waals surface area contributed by atoms with Crippen molar-refractivity contribution in [2.75, 3.05) is 10.6 Å². The van der Waals surface area contributed by atoms with Gasteiger partial charge in [-0.05, 0) is 37.8 Å². The lowest BCUT2D eigenvalue weighted by molar-refractivity contribution is 0.318. The minimum absolute atomic E-state index is 0.0815. The summed E-state index contributed by atoms with van der Waals surface area (Å²) in [6, 6.07) is 15.8. The van der Waals surface area contributed by atoms with Crippen molar-refractivity contribution in [3.8, 4) is 11.4 Å². The van der Waals surface area contributed by atoms with Crippen LogP contribution in [0.5, 0.6) is 0 Å². The zero-order valence-corrected chi connectivity index (χ0v) is 23.3. The highest BCUT2D eigenvalue weighted by Crippen LogP contribution is 2.39. The first-order valence-corrected chi connectivity index (χ1v) is 13.6. The molecule has 6 rings (SSSR count). The van der Waals surface area contributed by atoms with Crippen molar-refractivity contribution < 1.29 is 9.73 Å². The number of anilines is 2. The molecule has 5 N–H and O–H groups in total. The molecule has 1 saturated carbocycles. The molecule has 214 valence electrons. The highest BCUT2D eigenvalue weighted by atomic mass is 16.5. The quantitative estimate of drug-likeness (QED) is 0.0789. The zero-order valence-electron chi connectivity index (χ0n) is 23.3. The smallest absolute Gasteiger partial charge is 0.230 e. The molecule has 0 aliphatic heterocycles. The van der Waals surface area contributed by atoms with Crippen LogP contribution in [0, 0.1) is 0 Å². The monoisotopic (exact) mass is 564 g/mol. The van der Waals surface area contributed by atoms with Crippen molar-refractivity contribution in [3.05, 3.63) is 108 Å². The maximum absolute atomic E-state index is 8.60. The fraction of sp³-hybridized carbons (Fsp3) is 0.233. The number of hydrogen-bond donors (Lipinski definition) is 4. The van der Waals surface area contributed by atoms with Crippen molar-refractivity contribution in [1.29, 1.82) is 0 Å². The lowest BCUT2D eigenvalue weighted by Crippen LogP contribution is -2.13. The van der Waals surface area contributed by atoms with Crippen molar-refractivity contribution in [2.45, 2.75) is 44.7 Å². The van der Waals surface area contributed by atoms with E-state index in [9.17, 15) is 0 Å². The molecule has 0 saturated heterocycles. The third kappa shape index (κ3) is 7.42. The van der Waals surface area contributed by atoms with Gasteiger partial charge in [-0.15, -0.1) is 0 Å². The van der Waals surface area contributed by atoms with Gasteiger partial charge in [-0.3, -0.25) is 9.97 Å². The van der Waals surface area contributed by atoms with E-state index >= 15 is 0 Å². The number of nitrogens with two attached hydrogens (primary N) is 1. The Morgan fingerprint density at radius 3 is 1.88 bits per heavy atom. The molecular formula is C30H32N10O2. The molecule has 12 nitrogen and oxygen atoms in total. The van der Waals surface area contributed by atoms with Gasteiger partial charge in [-0.2, -0.15) is 4.98 Å². The van der Waals surface area contributed by atoms with Gasteiger partial charge in [0.25, 0.3) is 0 Å². The molecule has 2 atom stereocenters. The molecule has 2 aromatic carbocycles. The van der Waals surface area contributed by atoms with E-state index in [0.29, 0.717) is 17.3 Å². The van der Waals surface area contributed by atoms with E-state index in [2.05, 4.69) is 64.9 Å². The summed E-state index contributed by atoms with van der Waals surface area (Å²) in [5, 5.41) is 22.2. The first-order chi connectivity index (χ1) is 20.5. The number of oxime groups is 1. The number of nitrogens with one attached hydrogen (secondary N) is 2. The van der Waals surface area contributed by atoms with Crippen LogP contribution in [0.3, 0.4) is 0 Å². The molecule has 12 heteroatoms. The van der Waals surface area contributed by atoms with E-state index in [0.717, 1.165) is 47.1 Å². The number of hydrogen-bond acceptors (Lipinski definition) is 11. The Kier molecular flexibility index (Phi) is 8.92. The lowest BCUT2D eigenvalue weighted by Gasteiger charge is -2.14. The van der Waals surface area contributed by atoms with Gasteiger partial charge < -0.3 is 26.1 Å². The first-order valence-electron chi connectivity index (χ1n) is 13.6. The van der Waals surface area contributed by atoms with E-state index < -0.39 is 0 Å². The zero-order chi connectivity index (χ0) is 29.3. The SMILES string of the molecule is C[C@@H](Nc1cnccn1)c1ccc(-c2noc(C3CC3)n2)cc1.C[C@@H](Nc1cnccn1)c1ccc(C(N)=NO)cc1. The van der Waals surface area contributed by atoms with E-state index in [-0.39, 0.29) is 17.9 Å². The molecule has 0 spiro atoms. The molecule has 1 aliphatic carbocycles. The Hall–Kier alpha value is -5.39. The molecule has 5 aromatic rings. The van der Waals surface area contributed by atoms with Crippen LogP contribution < -0.4 is 16.4 Å². The first kappa shape index (κ1) is 28.1. The molecule has 3 heterocycles. The Bertz CT molecular complexity index is 1570. The average molecular weight is 565 g/mol. The summed E-state index contributed by atoms with van der Waals surface area (Å²) in [6.07, 6.45) is 12.3. The normalized spacial score (nSPS) is 14.3. The summed E-state index contributed by atoms with van der Waals surface area (Å²) in [5.74, 6) is 3.48. The fourth-order valence-electron chi connectivity index (χ4n) is 4.13. The van der Waals surface area contributed by atoms with Crippen LogP contribution in [0.1, 0.15) is 67.3 Å². The molecule has 1 fully saturated rings. The van der Waals surface area contributed by atoms with Gasteiger partial charge in [0.15, 0.2) is 5.84 Å². The second-order valence-electron chi connectivity index (χ2n) is 9.87. The highest BCUT2D eigenvalue weighted by Gasteiger charge is 2.29. The molecule has 0 bridgehead atoms. The summed E-state index contributed by atoms with van der Waals surface area (Å²) in [7, 11) is 0. The van der Waals surface area contributed by atoms with Gasteiger partial charge in [0.2, 0.25) is 11.7 Å². The van der Waals surface area contributed by atoms with Crippen LogP contribution >= 0.6 is 0 Å². The maximum Gasteiger partial charge on any atom is 0.230 e. The summed E-state index contributed by atoms with van der Waals surface area (Å²) < 4.78 is 5.31. The fourth-order valence-corrected chi connectivity index (χ4v) is 4.13. The van der Waals surface area contributed by atoms with E-state index in [1.165, 1.54) is 0 Å². The summed E-state index contributed by atoms with van der Waals surface area (Å²) >= 11 is 0. The molecule has 0 amide bonds. The molecule has 0 unspecified atom stereocenters. The number of amidine groups is 1. The Morgan fingerprint density at radius 2 is 1.40 bits per heavy atom. The summed E-state index contributed by atoms with van der Waals surface area (Å²) in [4.78, 5) is 20.9. The largest absolute Gasteiger partial charge is 0.409 e. The minimum Gasteiger partial charge on any atom is -0.409 e. The van der Waals surface area contributed by atoms with E-state index in [4.69, 9.17) is 15.5 Å². The van der Waals surface area contributed by atoms with Crippen molar-refractivity contribution in [3.63, 3.8) is 0 Å². The van der Waals surface area contributed by atoms with Gasteiger partial charge in [0, 0.05) is 53.9 Å². The van der Waals surface area contributed by atoms with Crippen molar-refractivity contribution >= 4 is 17.5 Å². The number of nitrogens with zero attached hydrogens (tertiary/aromatic N) is 7. The third-order valence-electron chi connectivity index (χ3n) is 6.71. The van der Waals surface area contributed by atoms with Crippen molar-refractivity contribution in [2.24, 2.45) is 10.9 Å². The maximum atomic E-state index is 8.60. The van der Waals surface area contributed by atoms with Crippen molar-refractivity contribution in [1.82, 2.24) is 30.1 Å². The van der Waals surface area contributed by atoms with Crippen LogP contribution in [0.25, 0.3) is 11.4 Å². The Balaban J connectivity index is 0.000000172. The van der Waals surface area contributed by atoms with Crippen LogP contribution in [0.4, 0.5) is 11.6 Å². The predicted molar refractivity (Wildman–Crippen MR) is 159 cm³/mol.